The first-order valence-corrected chi connectivity index (χ1v) is 7.13. The van der Waals surface area contributed by atoms with Crippen molar-refractivity contribution in [1.29, 1.82) is 0 Å². The number of rotatable bonds is 8. The van der Waals surface area contributed by atoms with Crippen molar-refractivity contribution in [2.24, 2.45) is 0 Å². The van der Waals surface area contributed by atoms with Gasteiger partial charge in [-0.2, -0.15) is 0 Å². The summed E-state index contributed by atoms with van der Waals surface area (Å²) in [7, 11) is 3.05. The zero-order valence-electron chi connectivity index (χ0n) is 11.9. The van der Waals surface area contributed by atoms with Crippen LogP contribution in [0.4, 0.5) is 4.79 Å². The number of nitrogens with zero attached hydrogens (tertiary/aromatic N) is 1. The minimum absolute atomic E-state index is 0.305. The molecule has 0 spiro atoms. The third-order valence-corrected chi connectivity index (χ3v) is 2.19. The summed E-state index contributed by atoms with van der Waals surface area (Å²) in [5.41, 5.74) is 0. The Kier molecular flexibility index (Phi) is 18.0. The lowest BCUT2D eigenvalue weighted by molar-refractivity contribution is 0.146. The Morgan fingerprint density at radius 3 is 2.39 bits per heavy atom. The number of hydrogen-bond acceptors (Lipinski definition) is 5. The molecule has 1 atom stereocenters. The fourth-order valence-electron chi connectivity index (χ4n) is 0.900. The van der Waals surface area contributed by atoms with Crippen LogP contribution >= 0.6 is 8.69 Å². The van der Waals surface area contributed by atoms with E-state index in [1.165, 1.54) is 0 Å². The first-order valence-electron chi connectivity index (χ1n) is 6.19. The topological polar surface area (TPSA) is 67.9 Å². The molecule has 6 nitrogen and oxygen atoms in total. The molecular weight excluding hydrogens is 255 g/mol. The molecule has 0 radical (unpaired) electrons. The summed E-state index contributed by atoms with van der Waals surface area (Å²) in [6.45, 7) is 6.51. The number of ether oxygens (including phenoxy) is 1. The van der Waals surface area contributed by atoms with Crippen molar-refractivity contribution in [2.45, 2.75) is 26.7 Å². The number of hydrogen-bond donors (Lipinski definition) is 1. The van der Waals surface area contributed by atoms with E-state index in [0.717, 1.165) is 19.4 Å². The van der Waals surface area contributed by atoms with Gasteiger partial charge in [-0.05, 0) is 40.4 Å². The maximum absolute atomic E-state index is 10.9. The SMILES string of the molecule is CCCOC(=O)NCCCN(C)C.CCO[PH2]=O. The third-order valence-electron chi connectivity index (χ3n) is 1.72. The number of amides is 1. The quantitative estimate of drug-likeness (QED) is 0.543. The van der Waals surface area contributed by atoms with E-state index < -0.39 is 8.69 Å². The zero-order valence-corrected chi connectivity index (χ0v) is 13.1. The fraction of sp³-hybridized carbons (Fsp3) is 0.909. The normalized spacial score (nSPS) is 10.3. The number of carbonyl (C=O) groups excluding carboxylic acids is 1. The summed E-state index contributed by atoms with van der Waals surface area (Å²) < 4.78 is 18.6. The molecule has 0 heterocycles. The van der Waals surface area contributed by atoms with Gasteiger partial charge in [0.05, 0.1) is 13.2 Å². The summed E-state index contributed by atoms with van der Waals surface area (Å²) in [6, 6.07) is 0. The molecule has 0 rings (SSSR count). The van der Waals surface area contributed by atoms with Crippen LogP contribution in [-0.2, 0) is 13.8 Å². The molecule has 0 aromatic rings. The van der Waals surface area contributed by atoms with Gasteiger partial charge in [-0.3, -0.25) is 4.57 Å². The van der Waals surface area contributed by atoms with Gasteiger partial charge < -0.3 is 19.5 Å². The average molecular weight is 282 g/mol. The molecule has 18 heavy (non-hydrogen) atoms. The van der Waals surface area contributed by atoms with Crippen LogP contribution < -0.4 is 5.32 Å². The van der Waals surface area contributed by atoms with E-state index in [4.69, 9.17) is 4.74 Å². The molecule has 1 N–H and O–H groups in total. The van der Waals surface area contributed by atoms with Crippen LogP contribution in [0.3, 0.4) is 0 Å². The van der Waals surface area contributed by atoms with Crippen molar-refractivity contribution in [3.05, 3.63) is 0 Å². The first-order chi connectivity index (χ1) is 8.58. The summed E-state index contributed by atoms with van der Waals surface area (Å²) in [6.07, 6.45) is 1.51. The molecule has 0 aliphatic heterocycles. The maximum atomic E-state index is 10.9. The smallest absolute Gasteiger partial charge is 0.407 e. The molecule has 0 aromatic carbocycles. The van der Waals surface area contributed by atoms with Crippen LogP contribution in [0.1, 0.15) is 26.7 Å². The fourth-order valence-corrected chi connectivity index (χ4v) is 1.04. The number of alkyl carbamates (subject to hydrolysis) is 1. The molecule has 0 saturated carbocycles. The largest absolute Gasteiger partial charge is 0.450 e. The molecule has 7 heteroatoms. The minimum Gasteiger partial charge on any atom is -0.450 e. The molecule has 0 aromatic heterocycles. The average Bonchev–Trinajstić information content (AvgIpc) is 2.33. The lowest BCUT2D eigenvalue weighted by atomic mass is 10.4. The van der Waals surface area contributed by atoms with Gasteiger partial charge in [0.15, 0.2) is 8.69 Å². The molecule has 0 aliphatic carbocycles. The van der Waals surface area contributed by atoms with Crippen molar-refractivity contribution >= 4 is 14.8 Å². The highest BCUT2D eigenvalue weighted by Crippen LogP contribution is 1.89. The lowest BCUT2D eigenvalue weighted by Crippen LogP contribution is -2.27. The van der Waals surface area contributed by atoms with Crippen LogP contribution in [0.2, 0.25) is 0 Å². The van der Waals surface area contributed by atoms with Gasteiger partial charge in [-0.25, -0.2) is 4.79 Å². The van der Waals surface area contributed by atoms with E-state index in [9.17, 15) is 9.36 Å². The standard InChI is InChI=1S/C9H20N2O2.C2H7O2P/c1-4-8-13-9(12)10-6-5-7-11(2)3;1-2-4-5-3/h4-8H2,1-3H3,(H,10,12);2,5H2,1H3. The van der Waals surface area contributed by atoms with Gasteiger partial charge in [0.2, 0.25) is 0 Å². The van der Waals surface area contributed by atoms with E-state index >= 15 is 0 Å². The van der Waals surface area contributed by atoms with Gasteiger partial charge in [0, 0.05) is 6.54 Å². The van der Waals surface area contributed by atoms with E-state index in [1.807, 2.05) is 27.9 Å². The molecule has 110 valence electrons. The second kappa shape index (κ2) is 16.4. The van der Waals surface area contributed by atoms with Gasteiger partial charge >= 0.3 is 6.09 Å². The molecule has 0 aliphatic rings. The van der Waals surface area contributed by atoms with Crippen molar-refractivity contribution in [3.63, 3.8) is 0 Å². The van der Waals surface area contributed by atoms with Crippen LogP contribution in [0.25, 0.3) is 0 Å². The highest BCUT2D eigenvalue weighted by Gasteiger charge is 1.98. The highest BCUT2D eigenvalue weighted by molar-refractivity contribution is 7.17. The Labute approximate surface area is 111 Å². The molecular formula is C11H27N2O4P. The Bertz CT molecular complexity index is 203. The van der Waals surface area contributed by atoms with Gasteiger partial charge in [0.25, 0.3) is 0 Å². The van der Waals surface area contributed by atoms with Crippen LogP contribution in [-0.4, -0.2) is 51.4 Å². The predicted molar refractivity (Wildman–Crippen MR) is 74.8 cm³/mol. The second-order valence-electron chi connectivity index (χ2n) is 3.77. The van der Waals surface area contributed by atoms with E-state index in [-0.39, 0.29) is 6.09 Å². The van der Waals surface area contributed by atoms with Crippen LogP contribution in [0.5, 0.6) is 0 Å². The van der Waals surface area contributed by atoms with E-state index in [0.29, 0.717) is 19.8 Å². The van der Waals surface area contributed by atoms with Crippen molar-refractivity contribution in [2.75, 3.05) is 40.4 Å². The monoisotopic (exact) mass is 282 g/mol. The van der Waals surface area contributed by atoms with Gasteiger partial charge in [0.1, 0.15) is 0 Å². The molecule has 0 bridgehead atoms. The zero-order chi connectivity index (χ0) is 14.2. The predicted octanol–water partition coefficient (Wildman–Crippen LogP) is 1.77. The molecule has 0 saturated heterocycles. The van der Waals surface area contributed by atoms with E-state index in [1.54, 1.807) is 0 Å². The molecule has 1 amide bonds. The summed E-state index contributed by atoms with van der Waals surface area (Å²) >= 11 is 0. The maximum Gasteiger partial charge on any atom is 0.407 e. The van der Waals surface area contributed by atoms with Crippen LogP contribution in [0, 0.1) is 0 Å². The Balaban J connectivity index is 0. The summed E-state index contributed by atoms with van der Waals surface area (Å²) in [5.74, 6) is 0. The van der Waals surface area contributed by atoms with Gasteiger partial charge in [-0.15, -0.1) is 0 Å². The van der Waals surface area contributed by atoms with Crippen molar-refractivity contribution in [1.82, 2.24) is 10.2 Å². The minimum atomic E-state index is -0.964. The lowest BCUT2D eigenvalue weighted by Gasteiger charge is -2.09. The Hall–Kier alpha value is -0.580. The highest BCUT2D eigenvalue weighted by atomic mass is 31.1. The van der Waals surface area contributed by atoms with Gasteiger partial charge in [-0.1, -0.05) is 6.92 Å². The number of carbonyl (C=O) groups is 1. The summed E-state index contributed by atoms with van der Waals surface area (Å²) in [5, 5.41) is 2.68. The van der Waals surface area contributed by atoms with Crippen molar-refractivity contribution in [3.8, 4) is 0 Å². The van der Waals surface area contributed by atoms with Crippen molar-refractivity contribution < 1.29 is 18.6 Å². The number of nitrogens with one attached hydrogen (secondary N) is 1. The molecule has 1 unspecified atom stereocenters. The Morgan fingerprint density at radius 1 is 1.33 bits per heavy atom. The van der Waals surface area contributed by atoms with Crippen LogP contribution in [0.15, 0.2) is 0 Å². The molecule has 0 fully saturated rings. The Morgan fingerprint density at radius 2 is 2.00 bits per heavy atom. The summed E-state index contributed by atoms with van der Waals surface area (Å²) in [4.78, 5) is 13.0. The van der Waals surface area contributed by atoms with E-state index in [2.05, 4.69) is 14.7 Å². The third kappa shape index (κ3) is 20.8. The second-order valence-corrected chi connectivity index (χ2v) is 4.30. The first kappa shape index (κ1) is 19.8.